The highest BCUT2D eigenvalue weighted by atomic mass is 19.1. The van der Waals surface area contributed by atoms with Crippen molar-refractivity contribution in [3.8, 4) is 11.6 Å². The lowest BCUT2D eigenvalue weighted by Crippen LogP contribution is -2.23. The number of benzene rings is 2. The summed E-state index contributed by atoms with van der Waals surface area (Å²) in [6.45, 7) is 5.51. The third-order valence-electron chi connectivity index (χ3n) is 4.02. The molecule has 0 N–H and O–H groups in total. The van der Waals surface area contributed by atoms with Crippen LogP contribution in [0.3, 0.4) is 0 Å². The summed E-state index contributed by atoms with van der Waals surface area (Å²) in [5.74, 6) is -0.632. The minimum absolute atomic E-state index is 0.177. The van der Waals surface area contributed by atoms with Crippen LogP contribution in [0.25, 0.3) is 0 Å². The van der Waals surface area contributed by atoms with Crippen LogP contribution in [0.15, 0.2) is 47.3 Å². The molecule has 134 valence electrons. The van der Waals surface area contributed by atoms with Gasteiger partial charge in [0, 0.05) is 17.7 Å². The second kappa shape index (κ2) is 7.07. The molecule has 0 atom stereocenters. The number of ether oxygens (including phenoxy) is 1. The molecule has 0 aliphatic heterocycles. The molecular weight excluding hydrogens is 338 g/mol. The second-order valence-corrected chi connectivity index (χ2v) is 6.20. The molecule has 1 aromatic heterocycles. The van der Waals surface area contributed by atoms with E-state index in [0.29, 0.717) is 5.75 Å². The molecule has 3 aromatic rings. The molecule has 26 heavy (non-hydrogen) atoms. The second-order valence-electron chi connectivity index (χ2n) is 6.20. The summed E-state index contributed by atoms with van der Waals surface area (Å²) in [6, 6.07) is 10.2. The largest absolute Gasteiger partial charge is 0.437 e. The first-order chi connectivity index (χ1) is 12.3. The maximum atomic E-state index is 13.8. The fourth-order valence-corrected chi connectivity index (χ4v) is 2.86. The fourth-order valence-electron chi connectivity index (χ4n) is 2.86. The minimum Gasteiger partial charge on any atom is -0.437 e. The van der Waals surface area contributed by atoms with Crippen molar-refractivity contribution in [2.75, 3.05) is 0 Å². The Bertz CT molecular complexity index is 985. The van der Waals surface area contributed by atoms with Gasteiger partial charge in [-0.1, -0.05) is 23.8 Å². The monoisotopic (exact) mass is 356 g/mol. The SMILES string of the molecule is Cc1cc(C)c(Oc2ccc(=O)n(Cc3c(F)cccc3F)n2)c(C)c1. The molecule has 0 bridgehead atoms. The van der Waals surface area contributed by atoms with Crippen LogP contribution >= 0.6 is 0 Å². The molecule has 3 rings (SSSR count). The van der Waals surface area contributed by atoms with E-state index in [2.05, 4.69) is 5.10 Å². The summed E-state index contributed by atoms with van der Waals surface area (Å²) in [6.07, 6.45) is 0. The van der Waals surface area contributed by atoms with E-state index >= 15 is 0 Å². The van der Waals surface area contributed by atoms with E-state index in [1.165, 1.54) is 18.2 Å². The average molecular weight is 356 g/mol. The van der Waals surface area contributed by atoms with Crippen molar-refractivity contribution in [2.24, 2.45) is 0 Å². The molecule has 0 radical (unpaired) electrons. The summed E-state index contributed by atoms with van der Waals surface area (Å²) >= 11 is 0. The molecule has 0 unspecified atom stereocenters. The van der Waals surface area contributed by atoms with Crippen LogP contribution in [-0.4, -0.2) is 9.78 Å². The van der Waals surface area contributed by atoms with Gasteiger partial charge in [0.2, 0.25) is 5.88 Å². The maximum Gasteiger partial charge on any atom is 0.267 e. The van der Waals surface area contributed by atoms with E-state index < -0.39 is 17.2 Å². The van der Waals surface area contributed by atoms with Crippen LogP contribution in [0.4, 0.5) is 8.78 Å². The van der Waals surface area contributed by atoms with Gasteiger partial charge in [-0.3, -0.25) is 4.79 Å². The van der Waals surface area contributed by atoms with Gasteiger partial charge < -0.3 is 4.74 Å². The van der Waals surface area contributed by atoms with Crippen LogP contribution in [0.1, 0.15) is 22.3 Å². The van der Waals surface area contributed by atoms with Crippen LogP contribution in [0, 0.1) is 32.4 Å². The van der Waals surface area contributed by atoms with Gasteiger partial charge in [-0.2, -0.15) is 0 Å². The van der Waals surface area contributed by atoms with E-state index in [9.17, 15) is 13.6 Å². The topological polar surface area (TPSA) is 44.1 Å². The van der Waals surface area contributed by atoms with Gasteiger partial charge in [-0.15, -0.1) is 5.10 Å². The van der Waals surface area contributed by atoms with Crippen molar-refractivity contribution in [3.05, 3.63) is 86.7 Å². The number of halogens is 2. The van der Waals surface area contributed by atoms with Crippen LogP contribution in [-0.2, 0) is 6.54 Å². The molecule has 0 spiro atoms. The predicted molar refractivity (Wildman–Crippen MR) is 94.7 cm³/mol. The Labute approximate surface area is 149 Å². The third-order valence-corrected chi connectivity index (χ3v) is 4.02. The van der Waals surface area contributed by atoms with Gasteiger partial charge in [0.1, 0.15) is 17.4 Å². The Balaban J connectivity index is 1.95. The maximum absolute atomic E-state index is 13.8. The molecule has 2 aromatic carbocycles. The first-order valence-electron chi connectivity index (χ1n) is 8.12. The summed E-state index contributed by atoms with van der Waals surface area (Å²) in [7, 11) is 0. The van der Waals surface area contributed by atoms with Gasteiger partial charge in [0.25, 0.3) is 5.56 Å². The van der Waals surface area contributed by atoms with E-state index in [1.807, 2.05) is 32.9 Å². The van der Waals surface area contributed by atoms with Crippen molar-refractivity contribution >= 4 is 0 Å². The molecule has 0 aliphatic rings. The number of aryl methyl sites for hydroxylation is 3. The highest BCUT2D eigenvalue weighted by Crippen LogP contribution is 2.28. The number of aromatic nitrogens is 2. The normalized spacial score (nSPS) is 10.8. The molecule has 0 saturated heterocycles. The summed E-state index contributed by atoms with van der Waals surface area (Å²) in [5.41, 5.74) is 2.28. The zero-order valence-electron chi connectivity index (χ0n) is 14.7. The molecule has 4 nitrogen and oxygen atoms in total. The van der Waals surface area contributed by atoms with Crippen molar-refractivity contribution in [1.29, 1.82) is 0 Å². The number of hydrogen-bond acceptors (Lipinski definition) is 3. The highest BCUT2D eigenvalue weighted by molar-refractivity contribution is 5.44. The van der Waals surface area contributed by atoms with E-state index in [0.717, 1.165) is 33.5 Å². The Hall–Kier alpha value is -3.02. The fraction of sp³-hybridized carbons (Fsp3) is 0.200. The van der Waals surface area contributed by atoms with Crippen molar-refractivity contribution in [1.82, 2.24) is 9.78 Å². The summed E-state index contributed by atoms with van der Waals surface area (Å²) < 4.78 is 34.5. The average Bonchev–Trinajstić information content (AvgIpc) is 2.57. The van der Waals surface area contributed by atoms with Gasteiger partial charge in [0.05, 0.1) is 6.54 Å². The van der Waals surface area contributed by atoms with E-state index in [4.69, 9.17) is 4.74 Å². The van der Waals surface area contributed by atoms with Crippen LogP contribution in [0.5, 0.6) is 11.6 Å². The van der Waals surface area contributed by atoms with Gasteiger partial charge >= 0.3 is 0 Å². The van der Waals surface area contributed by atoms with E-state index in [-0.39, 0.29) is 18.0 Å². The van der Waals surface area contributed by atoms with Crippen LogP contribution in [0.2, 0.25) is 0 Å². The zero-order valence-corrected chi connectivity index (χ0v) is 14.7. The molecule has 6 heteroatoms. The lowest BCUT2D eigenvalue weighted by molar-refractivity contribution is 0.425. The van der Waals surface area contributed by atoms with Crippen molar-refractivity contribution < 1.29 is 13.5 Å². The standard InChI is InChI=1S/C20H18F2N2O2/c1-12-9-13(2)20(14(3)10-12)26-18-7-8-19(25)24(23-18)11-15-16(21)5-4-6-17(15)22/h4-10H,11H2,1-3H3. The van der Waals surface area contributed by atoms with Gasteiger partial charge in [-0.25, -0.2) is 13.5 Å². The van der Waals surface area contributed by atoms with E-state index in [1.54, 1.807) is 0 Å². The Morgan fingerprint density at radius 2 is 1.62 bits per heavy atom. The van der Waals surface area contributed by atoms with Crippen LogP contribution < -0.4 is 10.3 Å². The highest BCUT2D eigenvalue weighted by Gasteiger charge is 2.13. The molecule has 0 fully saturated rings. The number of nitrogens with zero attached hydrogens (tertiary/aromatic N) is 2. The predicted octanol–water partition coefficient (Wildman–Crippen LogP) is 4.29. The lowest BCUT2D eigenvalue weighted by Gasteiger charge is -2.13. The quantitative estimate of drug-likeness (QED) is 0.701. The number of hydrogen-bond donors (Lipinski definition) is 0. The molecule has 0 aliphatic carbocycles. The number of rotatable bonds is 4. The molecular formula is C20H18F2N2O2. The molecule has 0 amide bonds. The summed E-state index contributed by atoms with van der Waals surface area (Å²) in [4.78, 5) is 12.0. The zero-order chi connectivity index (χ0) is 18.8. The lowest BCUT2D eigenvalue weighted by atomic mass is 10.1. The third kappa shape index (κ3) is 3.64. The van der Waals surface area contributed by atoms with Gasteiger partial charge in [-0.05, 0) is 44.0 Å². The Kier molecular flexibility index (Phi) is 4.84. The minimum atomic E-state index is -0.727. The van der Waals surface area contributed by atoms with Crippen molar-refractivity contribution in [2.45, 2.75) is 27.3 Å². The van der Waals surface area contributed by atoms with Crippen molar-refractivity contribution in [3.63, 3.8) is 0 Å². The molecule has 0 saturated carbocycles. The smallest absolute Gasteiger partial charge is 0.267 e. The van der Waals surface area contributed by atoms with Gasteiger partial charge in [0.15, 0.2) is 0 Å². The Morgan fingerprint density at radius 1 is 1.00 bits per heavy atom. The first kappa shape index (κ1) is 17.8. The molecule has 1 heterocycles. The Morgan fingerprint density at radius 3 is 2.23 bits per heavy atom. The summed E-state index contributed by atoms with van der Waals surface area (Å²) in [5, 5.41) is 4.10. The first-order valence-corrected chi connectivity index (χ1v) is 8.12.